The number of rotatable bonds is 0. The molecule has 0 aliphatic rings. The molecular weight excluding hydrogens is 118 g/mol. The molecule has 0 aliphatic heterocycles. The first kappa shape index (κ1) is 4.43. The third kappa shape index (κ3) is 0.561. The van der Waals surface area contributed by atoms with Crippen molar-refractivity contribution in [2.24, 2.45) is 0 Å². The van der Waals surface area contributed by atoms with Gasteiger partial charge in [-0.2, -0.15) is 5.10 Å². The van der Waals surface area contributed by atoms with Crippen molar-refractivity contribution in [1.82, 2.24) is 15.2 Å². The summed E-state index contributed by atoms with van der Waals surface area (Å²) in [5, 5.41) is 7.03. The van der Waals surface area contributed by atoms with Crippen LogP contribution in [-0.2, 0) is 0 Å². The summed E-state index contributed by atoms with van der Waals surface area (Å²) in [5.74, 6) is 0. The lowest BCUT2D eigenvalue weighted by atomic mass is 10.5. The Kier molecular flexibility index (Phi) is 0.745. The van der Waals surface area contributed by atoms with Crippen molar-refractivity contribution in [2.75, 3.05) is 0 Å². The first-order valence-electron chi connectivity index (χ1n) is 2.39. The molecule has 2 aromatic rings. The third-order valence-corrected chi connectivity index (χ3v) is 0.984. The van der Waals surface area contributed by atoms with Gasteiger partial charge in [-0.3, -0.25) is 0 Å². The van der Waals surface area contributed by atoms with Gasteiger partial charge >= 0.3 is 0 Å². The largest absolute Gasteiger partial charge is 0.441 e. The van der Waals surface area contributed by atoms with E-state index in [1.807, 2.05) is 0 Å². The molecule has 0 saturated heterocycles. The Morgan fingerprint density at radius 1 is 1.56 bits per heavy atom. The Hall–Kier alpha value is -1.45. The van der Waals surface area contributed by atoms with Crippen LogP contribution in [0.25, 0.3) is 11.1 Å². The highest BCUT2D eigenvalue weighted by molar-refractivity contribution is 5.68. The lowest BCUT2D eigenvalue weighted by molar-refractivity contribution is 0.599. The molecule has 0 unspecified atom stereocenters. The Balaban J connectivity index is 2.95. The molecule has 4 nitrogen and oxygen atoms in total. The predicted molar refractivity (Wildman–Crippen MR) is 28.4 cm³/mol. The molecule has 43 valence electrons. The molecule has 0 spiro atoms. The first-order valence-corrected chi connectivity index (χ1v) is 2.39. The summed E-state index contributed by atoms with van der Waals surface area (Å²) in [6, 6.07) is 0. The molecule has 2 heterocycles. The molecule has 0 aliphatic carbocycles. The molecule has 9 heavy (non-hydrogen) atoms. The van der Waals surface area contributed by atoms with E-state index in [1.54, 1.807) is 0 Å². The maximum Gasteiger partial charge on any atom is 0.186 e. The summed E-state index contributed by atoms with van der Waals surface area (Å²) < 4.78 is 4.85. The van der Waals surface area contributed by atoms with Crippen molar-refractivity contribution in [3.63, 3.8) is 0 Å². The fraction of sp³-hybridized carbons (Fsp3) is 0. The molecule has 0 bridgehead atoms. The minimum absolute atomic E-state index is 0.546. The van der Waals surface area contributed by atoms with E-state index in [2.05, 4.69) is 21.4 Å². The van der Waals surface area contributed by atoms with E-state index in [0.717, 1.165) is 0 Å². The summed E-state index contributed by atoms with van der Waals surface area (Å²) in [7, 11) is 0. The molecule has 0 fully saturated rings. The topological polar surface area (TPSA) is 51.8 Å². The van der Waals surface area contributed by atoms with Gasteiger partial charge in [-0.1, -0.05) is 0 Å². The lowest BCUT2D eigenvalue weighted by Gasteiger charge is -1.76. The second kappa shape index (κ2) is 1.51. The van der Waals surface area contributed by atoms with E-state index >= 15 is 0 Å². The van der Waals surface area contributed by atoms with Crippen LogP contribution in [0.5, 0.6) is 0 Å². The highest BCUT2D eigenvalue weighted by Crippen LogP contribution is 2.04. The SMILES string of the molecule is [c]1nncc2ncoc12. The van der Waals surface area contributed by atoms with Gasteiger partial charge in [0.2, 0.25) is 0 Å². The number of hydrogen-bond donors (Lipinski definition) is 0. The van der Waals surface area contributed by atoms with Gasteiger partial charge in [0, 0.05) is 0 Å². The van der Waals surface area contributed by atoms with Crippen LogP contribution in [-0.4, -0.2) is 15.2 Å². The van der Waals surface area contributed by atoms with Crippen LogP contribution < -0.4 is 0 Å². The first-order chi connectivity index (χ1) is 4.47. The molecular formula is C5H2N3O. The highest BCUT2D eigenvalue weighted by atomic mass is 16.3. The summed E-state index contributed by atoms with van der Waals surface area (Å²) in [4.78, 5) is 3.82. The van der Waals surface area contributed by atoms with Crippen LogP contribution in [0.4, 0.5) is 0 Å². The van der Waals surface area contributed by atoms with Gasteiger partial charge in [0.25, 0.3) is 0 Å². The van der Waals surface area contributed by atoms with Crippen molar-refractivity contribution in [2.45, 2.75) is 0 Å². The van der Waals surface area contributed by atoms with E-state index in [0.29, 0.717) is 11.1 Å². The zero-order chi connectivity index (χ0) is 6.10. The van der Waals surface area contributed by atoms with Crippen molar-refractivity contribution >= 4 is 11.1 Å². The zero-order valence-corrected chi connectivity index (χ0v) is 4.40. The van der Waals surface area contributed by atoms with Crippen LogP contribution >= 0.6 is 0 Å². The summed E-state index contributed by atoms with van der Waals surface area (Å²) in [6.45, 7) is 0. The van der Waals surface area contributed by atoms with Gasteiger partial charge in [-0.25, -0.2) is 4.98 Å². The van der Waals surface area contributed by atoms with Crippen LogP contribution in [0.3, 0.4) is 0 Å². The molecule has 1 radical (unpaired) electrons. The standard InChI is InChI=1S/C5H2N3O/c1-4-5(2-8-7-1)9-3-6-4/h1,3H. The summed E-state index contributed by atoms with van der Waals surface area (Å²) >= 11 is 0. The average Bonchev–Trinajstić information content (AvgIpc) is 2.33. The second-order valence-electron chi connectivity index (χ2n) is 1.52. The maximum atomic E-state index is 4.85. The number of oxazole rings is 1. The molecule has 2 aromatic heterocycles. The number of fused-ring (bicyclic) bond motifs is 1. The fourth-order valence-electron chi connectivity index (χ4n) is 0.588. The van der Waals surface area contributed by atoms with Gasteiger partial charge in [0.15, 0.2) is 18.2 Å². The molecule has 0 atom stereocenters. The van der Waals surface area contributed by atoms with E-state index in [4.69, 9.17) is 4.42 Å². The van der Waals surface area contributed by atoms with Crippen LogP contribution in [0.2, 0.25) is 0 Å². The number of nitrogens with zero attached hydrogens (tertiary/aromatic N) is 3. The Labute approximate surface area is 50.5 Å². The molecule has 4 heteroatoms. The van der Waals surface area contributed by atoms with Crippen LogP contribution in [0.15, 0.2) is 17.0 Å². The van der Waals surface area contributed by atoms with Crippen LogP contribution in [0.1, 0.15) is 0 Å². The number of hydrogen-bond acceptors (Lipinski definition) is 4. The zero-order valence-electron chi connectivity index (χ0n) is 4.40. The molecule has 0 amide bonds. The summed E-state index contributed by atoms with van der Waals surface area (Å²) in [6.07, 6.45) is 5.40. The summed E-state index contributed by atoms with van der Waals surface area (Å²) in [5.41, 5.74) is 1.23. The Morgan fingerprint density at radius 2 is 2.56 bits per heavy atom. The second-order valence-corrected chi connectivity index (χ2v) is 1.52. The van der Waals surface area contributed by atoms with Crippen molar-refractivity contribution in [3.05, 3.63) is 18.8 Å². The van der Waals surface area contributed by atoms with Crippen molar-refractivity contribution in [1.29, 1.82) is 0 Å². The van der Waals surface area contributed by atoms with Gasteiger partial charge in [-0.05, 0) is 0 Å². The van der Waals surface area contributed by atoms with Gasteiger partial charge in [-0.15, -0.1) is 5.10 Å². The minimum atomic E-state index is 0.546. The van der Waals surface area contributed by atoms with Gasteiger partial charge < -0.3 is 4.42 Å². The minimum Gasteiger partial charge on any atom is -0.441 e. The number of aromatic nitrogens is 3. The maximum absolute atomic E-state index is 4.85. The van der Waals surface area contributed by atoms with E-state index in [9.17, 15) is 0 Å². The lowest BCUT2D eigenvalue weighted by Crippen LogP contribution is -1.76. The molecule has 0 N–H and O–H groups in total. The predicted octanol–water partition coefficient (Wildman–Crippen LogP) is 0.418. The van der Waals surface area contributed by atoms with E-state index < -0.39 is 0 Å². The monoisotopic (exact) mass is 120 g/mol. The fourth-order valence-corrected chi connectivity index (χ4v) is 0.588. The van der Waals surface area contributed by atoms with Crippen molar-refractivity contribution in [3.8, 4) is 0 Å². The quantitative estimate of drug-likeness (QED) is 0.505. The van der Waals surface area contributed by atoms with Crippen LogP contribution in [0, 0.1) is 6.20 Å². The van der Waals surface area contributed by atoms with E-state index in [-0.39, 0.29) is 0 Å². The highest BCUT2D eigenvalue weighted by Gasteiger charge is 1.94. The average molecular weight is 120 g/mol. The smallest absolute Gasteiger partial charge is 0.186 e. The Morgan fingerprint density at radius 3 is 3.44 bits per heavy atom. The molecule has 2 rings (SSSR count). The van der Waals surface area contributed by atoms with E-state index in [1.165, 1.54) is 12.6 Å². The third-order valence-electron chi connectivity index (χ3n) is 0.984. The Bertz CT molecular complexity index is 286. The van der Waals surface area contributed by atoms with Crippen molar-refractivity contribution < 1.29 is 4.42 Å². The van der Waals surface area contributed by atoms with Gasteiger partial charge in [0.1, 0.15) is 5.52 Å². The molecule has 0 aromatic carbocycles. The normalized spacial score (nSPS) is 10.2. The van der Waals surface area contributed by atoms with Gasteiger partial charge in [0.05, 0.1) is 6.20 Å². The molecule has 0 saturated carbocycles.